The van der Waals surface area contributed by atoms with Gasteiger partial charge in [-0.05, 0) is 75.4 Å². The van der Waals surface area contributed by atoms with Crippen molar-refractivity contribution in [3.05, 3.63) is 35.0 Å². The number of aromatic nitrogens is 1. The van der Waals surface area contributed by atoms with E-state index in [0.717, 1.165) is 35.6 Å². The Bertz CT molecular complexity index is 800. The van der Waals surface area contributed by atoms with E-state index < -0.39 is 0 Å². The second kappa shape index (κ2) is 6.65. The van der Waals surface area contributed by atoms with Crippen LogP contribution in [0.2, 0.25) is 5.02 Å². The first-order chi connectivity index (χ1) is 12.0. The lowest BCUT2D eigenvalue weighted by Gasteiger charge is -2.42. The molecule has 2 fully saturated rings. The van der Waals surface area contributed by atoms with Crippen LogP contribution in [0.25, 0.3) is 10.9 Å². The van der Waals surface area contributed by atoms with Crippen LogP contribution in [-0.4, -0.2) is 41.6 Å². The standard InChI is InChI=1S/C20H26ClN3O/c1-23-8-7-13-10-17(5-3-14(13)12-23)22-20(25)19-11-15-9-16(21)4-6-18(15)24(19)2/h4,6,9,11,13-14,17H,3,5,7-8,10,12H2,1-2H3,(H,22,25)/t13-,14+,17+/m0/s1. The van der Waals surface area contributed by atoms with Gasteiger partial charge in [0.05, 0.1) is 0 Å². The molecule has 25 heavy (non-hydrogen) atoms. The molecule has 2 heterocycles. The van der Waals surface area contributed by atoms with E-state index in [0.29, 0.717) is 16.8 Å². The zero-order chi connectivity index (χ0) is 17.6. The molecule has 0 spiro atoms. The van der Waals surface area contributed by atoms with Crippen LogP contribution in [-0.2, 0) is 7.05 Å². The molecule has 1 saturated heterocycles. The Balaban J connectivity index is 1.46. The average molecular weight is 360 g/mol. The van der Waals surface area contributed by atoms with Gasteiger partial charge in [0.1, 0.15) is 5.69 Å². The SMILES string of the molecule is CN1CC[C@H]2C[C@H](NC(=O)c3cc4cc(Cl)ccc4n3C)CC[C@@H]2C1. The molecule has 3 atom stereocenters. The summed E-state index contributed by atoms with van der Waals surface area (Å²) in [6.45, 7) is 2.40. The molecule has 4 rings (SSSR count). The Morgan fingerprint density at radius 2 is 2.00 bits per heavy atom. The number of carbonyl (C=O) groups is 1. The van der Waals surface area contributed by atoms with Crippen molar-refractivity contribution >= 4 is 28.4 Å². The molecule has 1 aliphatic carbocycles. The van der Waals surface area contributed by atoms with Crippen molar-refractivity contribution in [1.82, 2.24) is 14.8 Å². The minimum atomic E-state index is 0.0335. The van der Waals surface area contributed by atoms with Gasteiger partial charge in [-0.1, -0.05) is 11.6 Å². The third kappa shape index (κ3) is 3.30. The first kappa shape index (κ1) is 16.9. The summed E-state index contributed by atoms with van der Waals surface area (Å²) in [5, 5.41) is 5.00. The van der Waals surface area contributed by atoms with Crippen molar-refractivity contribution in [2.24, 2.45) is 18.9 Å². The molecule has 134 valence electrons. The van der Waals surface area contributed by atoms with Gasteiger partial charge < -0.3 is 14.8 Å². The Morgan fingerprint density at radius 3 is 2.84 bits per heavy atom. The highest BCUT2D eigenvalue weighted by Crippen LogP contribution is 2.36. The summed E-state index contributed by atoms with van der Waals surface area (Å²) in [6.07, 6.45) is 4.71. The summed E-state index contributed by atoms with van der Waals surface area (Å²) >= 11 is 6.08. The molecular formula is C20H26ClN3O. The van der Waals surface area contributed by atoms with E-state index in [1.54, 1.807) is 0 Å². The molecule has 1 N–H and O–H groups in total. The van der Waals surface area contributed by atoms with Gasteiger partial charge in [-0.3, -0.25) is 4.79 Å². The zero-order valence-electron chi connectivity index (χ0n) is 15.0. The minimum Gasteiger partial charge on any atom is -0.348 e. The molecule has 1 amide bonds. The van der Waals surface area contributed by atoms with Crippen LogP contribution in [0.1, 0.15) is 36.2 Å². The third-order valence-electron chi connectivity index (χ3n) is 6.14. The Labute approximate surface area is 154 Å². The van der Waals surface area contributed by atoms with Gasteiger partial charge in [0, 0.05) is 35.6 Å². The minimum absolute atomic E-state index is 0.0335. The maximum absolute atomic E-state index is 12.8. The number of halogens is 1. The molecule has 2 aromatic rings. The topological polar surface area (TPSA) is 37.3 Å². The molecule has 2 aliphatic rings. The van der Waals surface area contributed by atoms with E-state index >= 15 is 0 Å². The third-order valence-corrected chi connectivity index (χ3v) is 6.38. The van der Waals surface area contributed by atoms with Gasteiger partial charge in [-0.2, -0.15) is 0 Å². The van der Waals surface area contributed by atoms with E-state index in [2.05, 4.69) is 17.3 Å². The lowest BCUT2D eigenvalue weighted by Crippen LogP contribution is -2.46. The Kier molecular flexibility index (Phi) is 4.50. The number of fused-ring (bicyclic) bond motifs is 2. The van der Waals surface area contributed by atoms with Gasteiger partial charge in [-0.15, -0.1) is 0 Å². The summed E-state index contributed by atoms with van der Waals surface area (Å²) < 4.78 is 1.96. The predicted molar refractivity (Wildman–Crippen MR) is 102 cm³/mol. The fourth-order valence-electron chi connectivity index (χ4n) is 4.73. The van der Waals surface area contributed by atoms with Crippen LogP contribution in [0, 0.1) is 11.8 Å². The van der Waals surface area contributed by atoms with E-state index in [9.17, 15) is 4.79 Å². The quantitative estimate of drug-likeness (QED) is 0.888. The van der Waals surface area contributed by atoms with Crippen LogP contribution in [0.4, 0.5) is 0 Å². The predicted octanol–water partition coefficient (Wildman–Crippen LogP) is 3.68. The Morgan fingerprint density at radius 1 is 1.16 bits per heavy atom. The maximum atomic E-state index is 12.8. The summed E-state index contributed by atoms with van der Waals surface area (Å²) in [5.41, 5.74) is 1.75. The number of aryl methyl sites for hydroxylation is 1. The maximum Gasteiger partial charge on any atom is 0.268 e. The number of piperidine rings is 1. The molecule has 4 nitrogen and oxygen atoms in total. The zero-order valence-corrected chi connectivity index (χ0v) is 15.7. The fraction of sp³-hybridized carbons (Fsp3) is 0.550. The molecule has 1 aromatic carbocycles. The number of likely N-dealkylation sites (tertiary alicyclic amines) is 1. The highest BCUT2D eigenvalue weighted by Gasteiger charge is 2.34. The molecule has 5 heteroatoms. The average Bonchev–Trinajstić information content (AvgIpc) is 2.91. The van der Waals surface area contributed by atoms with Crippen molar-refractivity contribution in [3.8, 4) is 0 Å². The van der Waals surface area contributed by atoms with Gasteiger partial charge in [0.25, 0.3) is 5.91 Å². The molecule has 0 radical (unpaired) electrons. The number of rotatable bonds is 2. The smallest absolute Gasteiger partial charge is 0.268 e. The number of benzene rings is 1. The fourth-order valence-corrected chi connectivity index (χ4v) is 4.91. The Hall–Kier alpha value is -1.52. The second-order valence-electron chi connectivity index (χ2n) is 7.85. The molecule has 0 unspecified atom stereocenters. The van der Waals surface area contributed by atoms with Crippen molar-refractivity contribution in [2.45, 2.75) is 31.7 Å². The largest absolute Gasteiger partial charge is 0.348 e. The first-order valence-corrected chi connectivity index (χ1v) is 9.63. The van der Waals surface area contributed by atoms with Crippen molar-refractivity contribution < 1.29 is 4.79 Å². The van der Waals surface area contributed by atoms with Crippen LogP contribution in [0.5, 0.6) is 0 Å². The molecular weight excluding hydrogens is 334 g/mol. The summed E-state index contributed by atoms with van der Waals surface area (Å²) in [4.78, 5) is 15.3. The van der Waals surface area contributed by atoms with E-state index in [1.165, 1.54) is 25.9 Å². The highest BCUT2D eigenvalue weighted by molar-refractivity contribution is 6.31. The second-order valence-corrected chi connectivity index (χ2v) is 8.28. The number of hydrogen-bond donors (Lipinski definition) is 1. The van der Waals surface area contributed by atoms with Crippen LogP contribution < -0.4 is 5.32 Å². The monoisotopic (exact) mass is 359 g/mol. The summed E-state index contributed by atoms with van der Waals surface area (Å²) in [7, 11) is 4.16. The number of nitrogens with one attached hydrogen (secondary N) is 1. The number of nitrogens with zero attached hydrogens (tertiary/aromatic N) is 2. The van der Waals surface area contributed by atoms with Crippen molar-refractivity contribution in [1.29, 1.82) is 0 Å². The lowest BCUT2D eigenvalue weighted by atomic mass is 9.73. The lowest BCUT2D eigenvalue weighted by molar-refractivity contribution is 0.0767. The van der Waals surface area contributed by atoms with Crippen LogP contribution in [0.15, 0.2) is 24.3 Å². The van der Waals surface area contributed by atoms with Crippen LogP contribution in [0.3, 0.4) is 0 Å². The van der Waals surface area contributed by atoms with Gasteiger partial charge in [0.15, 0.2) is 0 Å². The number of hydrogen-bond acceptors (Lipinski definition) is 2. The van der Waals surface area contributed by atoms with Gasteiger partial charge in [0.2, 0.25) is 0 Å². The van der Waals surface area contributed by atoms with Crippen molar-refractivity contribution in [3.63, 3.8) is 0 Å². The first-order valence-electron chi connectivity index (χ1n) is 9.25. The summed E-state index contributed by atoms with van der Waals surface area (Å²) in [6, 6.07) is 8.00. The number of amides is 1. The van der Waals surface area contributed by atoms with E-state index in [4.69, 9.17) is 11.6 Å². The molecule has 1 aromatic heterocycles. The summed E-state index contributed by atoms with van der Waals surface area (Å²) in [5.74, 6) is 1.61. The van der Waals surface area contributed by atoms with Gasteiger partial charge in [-0.25, -0.2) is 0 Å². The van der Waals surface area contributed by atoms with E-state index in [1.807, 2.05) is 35.9 Å². The van der Waals surface area contributed by atoms with Crippen molar-refractivity contribution in [2.75, 3.05) is 20.1 Å². The van der Waals surface area contributed by atoms with Gasteiger partial charge >= 0.3 is 0 Å². The highest BCUT2D eigenvalue weighted by atomic mass is 35.5. The molecule has 1 aliphatic heterocycles. The number of carbonyl (C=O) groups excluding carboxylic acids is 1. The molecule has 0 bridgehead atoms. The van der Waals surface area contributed by atoms with Crippen LogP contribution >= 0.6 is 11.6 Å². The normalized spacial score (nSPS) is 27.2. The molecule has 1 saturated carbocycles. The van der Waals surface area contributed by atoms with E-state index in [-0.39, 0.29) is 5.91 Å².